The number of ketones is 2. The number of Topliss-reactive ketones (excluding diaryl/α,β-unsaturated/α-hetero) is 2. The fourth-order valence-corrected chi connectivity index (χ4v) is 4.89. The highest BCUT2D eigenvalue weighted by Gasteiger charge is 2.47. The van der Waals surface area contributed by atoms with Gasteiger partial charge in [0, 0.05) is 42.7 Å². The Bertz CT molecular complexity index is 960. The molecule has 0 bridgehead atoms. The average Bonchev–Trinajstić information content (AvgIpc) is 2.63. The zero-order valence-electron chi connectivity index (χ0n) is 18.1. The van der Waals surface area contributed by atoms with Crippen LogP contribution in [0.2, 0.25) is 0 Å². The molecule has 1 aliphatic heterocycles. The maximum absolute atomic E-state index is 13.2. The lowest BCUT2D eigenvalue weighted by Crippen LogP contribution is -2.37. The van der Waals surface area contributed by atoms with Crippen molar-refractivity contribution >= 4 is 11.6 Å². The van der Waals surface area contributed by atoms with E-state index in [9.17, 15) is 9.59 Å². The fourth-order valence-electron chi connectivity index (χ4n) is 4.89. The molecule has 0 N–H and O–H groups in total. The largest absolute Gasteiger partial charge is 0.481 e. The average molecular weight is 405 g/mol. The van der Waals surface area contributed by atoms with Crippen molar-refractivity contribution in [3.05, 3.63) is 52.5 Å². The number of allylic oxidation sites excluding steroid dienone is 4. The van der Waals surface area contributed by atoms with Crippen molar-refractivity contribution in [1.29, 1.82) is 0 Å². The predicted octanol–water partition coefficient (Wildman–Crippen LogP) is 5.10. The van der Waals surface area contributed by atoms with Gasteiger partial charge in [0.25, 0.3) is 0 Å². The third kappa shape index (κ3) is 3.69. The molecule has 0 amide bonds. The maximum atomic E-state index is 13.2. The molecule has 0 unspecified atom stereocenters. The van der Waals surface area contributed by atoms with E-state index in [1.54, 1.807) is 0 Å². The highest BCUT2D eigenvalue weighted by Crippen LogP contribution is 2.53. The Balaban J connectivity index is 1.82. The summed E-state index contributed by atoms with van der Waals surface area (Å²) in [4.78, 5) is 26.5. The van der Waals surface area contributed by atoms with Gasteiger partial charge in [-0.3, -0.25) is 9.59 Å². The smallest absolute Gasteiger partial charge is 0.163 e. The topological polar surface area (TPSA) is 52.6 Å². The van der Waals surface area contributed by atoms with Crippen LogP contribution in [0.4, 0.5) is 0 Å². The van der Waals surface area contributed by atoms with Gasteiger partial charge in [-0.25, -0.2) is 0 Å². The van der Waals surface area contributed by atoms with Crippen molar-refractivity contribution in [2.24, 2.45) is 10.8 Å². The summed E-state index contributed by atoms with van der Waals surface area (Å²) in [5.74, 6) is 4.35. The van der Waals surface area contributed by atoms with E-state index in [-0.39, 0.29) is 34.9 Å². The van der Waals surface area contributed by atoms with Gasteiger partial charge < -0.3 is 9.47 Å². The van der Waals surface area contributed by atoms with E-state index >= 15 is 0 Å². The van der Waals surface area contributed by atoms with Crippen molar-refractivity contribution in [3.8, 4) is 18.1 Å². The normalized spacial score (nSPS) is 22.8. The number of terminal acetylenes is 1. The monoisotopic (exact) mass is 404 g/mol. The Hall–Kier alpha value is -2.80. The SMILES string of the molecule is C#CCOc1ccc(C2C3=C(CC(C)(C)CC3=O)OC3=C2C(=O)CC(C)(C)C3)cc1. The third-order valence-electron chi connectivity index (χ3n) is 6.12. The van der Waals surface area contributed by atoms with Crippen LogP contribution in [0.15, 0.2) is 46.9 Å². The van der Waals surface area contributed by atoms with Crippen LogP contribution in [-0.2, 0) is 14.3 Å². The molecule has 2 aliphatic carbocycles. The molecule has 0 saturated heterocycles. The second-order valence-corrected chi connectivity index (χ2v) is 10.2. The van der Waals surface area contributed by atoms with Gasteiger partial charge in [0.2, 0.25) is 0 Å². The number of hydrogen-bond donors (Lipinski definition) is 0. The summed E-state index contributed by atoms with van der Waals surface area (Å²) < 4.78 is 11.8. The van der Waals surface area contributed by atoms with Crippen LogP contribution >= 0.6 is 0 Å². The first kappa shape index (κ1) is 20.5. The highest BCUT2D eigenvalue weighted by molar-refractivity contribution is 6.06. The first-order valence-corrected chi connectivity index (χ1v) is 10.5. The van der Waals surface area contributed by atoms with Gasteiger partial charge in [-0.1, -0.05) is 45.7 Å². The number of benzene rings is 1. The van der Waals surface area contributed by atoms with E-state index in [4.69, 9.17) is 15.9 Å². The molecule has 0 radical (unpaired) electrons. The van der Waals surface area contributed by atoms with Crippen LogP contribution in [0.25, 0.3) is 0 Å². The molecular weight excluding hydrogens is 376 g/mol. The standard InChI is InChI=1S/C26H28O4/c1-6-11-29-17-9-7-16(8-10-17)22-23-18(27)12-25(2,3)14-20(23)30-21-15-26(4,5)13-19(28)24(21)22/h1,7-10,22H,11-15H2,2-5H3. The third-order valence-corrected chi connectivity index (χ3v) is 6.12. The zero-order valence-corrected chi connectivity index (χ0v) is 18.1. The number of hydrogen-bond acceptors (Lipinski definition) is 4. The van der Waals surface area contributed by atoms with Gasteiger partial charge in [-0.15, -0.1) is 6.42 Å². The van der Waals surface area contributed by atoms with Crippen molar-refractivity contribution in [1.82, 2.24) is 0 Å². The Morgan fingerprint density at radius 1 is 0.933 bits per heavy atom. The number of carbonyl (C=O) groups is 2. The van der Waals surface area contributed by atoms with Crippen molar-refractivity contribution < 1.29 is 19.1 Å². The van der Waals surface area contributed by atoms with Gasteiger partial charge in [0.15, 0.2) is 11.6 Å². The summed E-state index contributed by atoms with van der Waals surface area (Å²) in [6, 6.07) is 7.54. The molecule has 1 heterocycles. The molecule has 3 aliphatic rings. The molecule has 30 heavy (non-hydrogen) atoms. The van der Waals surface area contributed by atoms with Gasteiger partial charge in [-0.2, -0.15) is 0 Å². The second kappa shape index (κ2) is 7.16. The van der Waals surface area contributed by atoms with E-state index in [1.165, 1.54) is 0 Å². The van der Waals surface area contributed by atoms with Gasteiger partial charge in [0.1, 0.15) is 23.9 Å². The molecule has 1 aromatic carbocycles. The van der Waals surface area contributed by atoms with E-state index in [2.05, 4.69) is 33.6 Å². The molecule has 0 aromatic heterocycles. The minimum absolute atomic E-state index is 0.0723. The molecule has 4 rings (SSSR count). The highest BCUT2D eigenvalue weighted by atomic mass is 16.5. The first-order chi connectivity index (χ1) is 14.1. The van der Waals surface area contributed by atoms with Crippen molar-refractivity contribution in [2.45, 2.75) is 59.3 Å². The lowest BCUT2D eigenvalue weighted by molar-refractivity contribution is -0.120. The number of carbonyl (C=O) groups excluding carboxylic acids is 2. The fraction of sp³-hybridized carbons (Fsp3) is 0.462. The van der Waals surface area contributed by atoms with Crippen LogP contribution in [0.3, 0.4) is 0 Å². The van der Waals surface area contributed by atoms with Crippen LogP contribution < -0.4 is 4.74 Å². The minimum atomic E-state index is -0.377. The molecule has 0 fully saturated rings. The summed E-state index contributed by atoms with van der Waals surface area (Å²) >= 11 is 0. The molecule has 4 heteroatoms. The molecule has 0 saturated carbocycles. The van der Waals surface area contributed by atoms with Crippen LogP contribution in [0, 0.1) is 23.2 Å². The number of rotatable bonds is 3. The summed E-state index contributed by atoms with van der Waals surface area (Å²) in [6.45, 7) is 8.55. The molecular formula is C26H28O4. The molecule has 156 valence electrons. The summed E-state index contributed by atoms with van der Waals surface area (Å²) in [5, 5.41) is 0. The zero-order chi connectivity index (χ0) is 21.7. The van der Waals surface area contributed by atoms with Crippen LogP contribution in [0.1, 0.15) is 64.9 Å². The van der Waals surface area contributed by atoms with E-state index < -0.39 is 0 Å². The maximum Gasteiger partial charge on any atom is 0.163 e. The van der Waals surface area contributed by atoms with Crippen molar-refractivity contribution in [3.63, 3.8) is 0 Å². The lowest BCUT2D eigenvalue weighted by Gasteiger charge is -2.42. The molecule has 1 aromatic rings. The first-order valence-electron chi connectivity index (χ1n) is 10.5. The lowest BCUT2D eigenvalue weighted by atomic mass is 9.65. The van der Waals surface area contributed by atoms with Gasteiger partial charge >= 0.3 is 0 Å². The van der Waals surface area contributed by atoms with E-state index in [1.807, 2.05) is 24.3 Å². The molecule has 4 nitrogen and oxygen atoms in total. The van der Waals surface area contributed by atoms with Crippen LogP contribution in [0.5, 0.6) is 5.75 Å². The Kier molecular flexibility index (Phi) is 4.89. The van der Waals surface area contributed by atoms with Crippen LogP contribution in [-0.4, -0.2) is 18.2 Å². The Morgan fingerprint density at radius 2 is 1.43 bits per heavy atom. The Morgan fingerprint density at radius 3 is 1.90 bits per heavy atom. The number of ether oxygens (including phenoxy) is 2. The minimum Gasteiger partial charge on any atom is -0.481 e. The van der Waals surface area contributed by atoms with E-state index in [0.717, 1.165) is 17.1 Å². The van der Waals surface area contributed by atoms with E-state index in [0.29, 0.717) is 42.6 Å². The summed E-state index contributed by atoms with van der Waals surface area (Å²) in [7, 11) is 0. The summed E-state index contributed by atoms with van der Waals surface area (Å²) in [6.07, 6.45) is 7.57. The van der Waals surface area contributed by atoms with Gasteiger partial charge in [-0.05, 0) is 28.5 Å². The Labute approximate surface area is 178 Å². The van der Waals surface area contributed by atoms with Crippen molar-refractivity contribution in [2.75, 3.05) is 6.61 Å². The molecule has 0 spiro atoms. The second-order valence-electron chi connectivity index (χ2n) is 10.2. The quantitative estimate of drug-likeness (QED) is 0.658. The van der Waals surface area contributed by atoms with Gasteiger partial charge in [0.05, 0.1) is 0 Å². The summed E-state index contributed by atoms with van der Waals surface area (Å²) in [5.41, 5.74) is 1.91. The predicted molar refractivity (Wildman–Crippen MR) is 115 cm³/mol. The molecule has 0 atom stereocenters.